The smallest absolute Gasteiger partial charge is 0.250 e. The maximum absolute atomic E-state index is 6.66. The van der Waals surface area contributed by atoms with E-state index >= 15 is 0 Å². The number of nitrogens with zero attached hydrogens (tertiary/aromatic N) is 1. The van der Waals surface area contributed by atoms with E-state index in [1.807, 2.05) is 12.3 Å². The minimum Gasteiger partial charge on any atom is -0.543 e. The van der Waals surface area contributed by atoms with E-state index in [4.69, 9.17) is 4.43 Å². The maximum atomic E-state index is 6.66. The lowest BCUT2D eigenvalue weighted by molar-refractivity contribution is 0.0819. The zero-order chi connectivity index (χ0) is 24.3. The lowest BCUT2D eigenvalue weighted by atomic mass is 9.55. The first-order valence-corrected chi connectivity index (χ1v) is 16.8. The van der Waals surface area contributed by atoms with Crippen LogP contribution in [0, 0.1) is 17.3 Å². The molecule has 1 aromatic heterocycles. The number of hydrogen-bond donors (Lipinski definition) is 0. The second-order valence-corrected chi connectivity index (χ2v) is 18.3. The van der Waals surface area contributed by atoms with E-state index in [0.717, 1.165) is 27.8 Å². The molecule has 2 nitrogen and oxygen atoms in total. The average molecular weight is 539 g/mol. The molecule has 0 amide bonds. The molecular weight excluding hydrogens is 498 g/mol. The first-order chi connectivity index (χ1) is 16.0. The van der Waals surface area contributed by atoms with E-state index < -0.39 is 8.32 Å². The number of pyridine rings is 1. The number of fused-ring (bicyclic) bond motifs is 5. The molecule has 3 aliphatic rings. The van der Waals surface area contributed by atoms with Crippen LogP contribution in [0.4, 0.5) is 0 Å². The summed E-state index contributed by atoms with van der Waals surface area (Å²) in [6.45, 7) is 14.2. The molecule has 0 saturated heterocycles. The quantitative estimate of drug-likeness (QED) is 0.364. The Morgan fingerprint density at radius 1 is 1.12 bits per heavy atom. The van der Waals surface area contributed by atoms with Crippen molar-refractivity contribution in [2.75, 3.05) is 0 Å². The molecule has 2 aromatic rings. The highest BCUT2D eigenvalue weighted by Gasteiger charge is 2.52. The Morgan fingerprint density at radius 2 is 1.91 bits per heavy atom. The van der Waals surface area contributed by atoms with Gasteiger partial charge in [0.05, 0.1) is 5.69 Å². The van der Waals surface area contributed by atoms with Gasteiger partial charge in [0.2, 0.25) is 8.32 Å². The number of rotatable bonds is 3. The Morgan fingerprint density at radius 3 is 2.65 bits per heavy atom. The summed E-state index contributed by atoms with van der Waals surface area (Å²) in [4.78, 5) is 4.64. The fourth-order valence-corrected chi connectivity index (χ4v) is 8.22. The number of aryl methyl sites for hydroxylation is 1. The molecule has 2 fully saturated rings. The zero-order valence-electron chi connectivity index (χ0n) is 21.7. The van der Waals surface area contributed by atoms with Gasteiger partial charge < -0.3 is 4.43 Å². The first-order valence-electron chi connectivity index (χ1n) is 13.1. The van der Waals surface area contributed by atoms with Gasteiger partial charge in [0.25, 0.3) is 0 Å². The van der Waals surface area contributed by atoms with Crippen molar-refractivity contribution in [2.24, 2.45) is 17.3 Å². The van der Waals surface area contributed by atoms with E-state index in [1.54, 1.807) is 16.7 Å². The van der Waals surface area contributed by atoms with Crippen molar-refractivity contribution in [3.05, 3.63) is 63.4 Å². The molecule has 3 aliphatic carbocycles. The van der Waals surface area contributed by atoms with Gasteiger partial charge in [0, 0.05) is 10.7 Å². The summed E-state index contributed by atoms with van der Waals surface area (Å²) in [5, 5.41) is 0.223. The molecule has 0 radical (unpaired) electrons. The van der Waals surface area contributed by atoms with Crippen molar-refractivity contribution in [2.45, 2.75) is 90.3 Å². The van der Waals surface area contributed by atoms with E-state index in [9.17, 15) is 0 Å². The van der Waals surface area contributed by atoms with Crippen LogP contribution in [0.25, 0.3) is 6.08 Å². The molecule has 1 aromatic carbocycles. The van der Waals surface area contributed by atoms with Gasteiger partial charge >= 0.3 is 0 Å². The van der Waals surface area contributed by atoms with Crippen LogP contribution in [0.15, 0.2) is 46.6 Å². The monoisotopic (exact) mass is 537 g/mol. The van der Waals surface area contributed by atoms with Crippen LogP contribution in [0.1, 0.15) is 82.5 Å². The minimum absolute atomic E-state index is 0.223. The fourth-order valence-electron chi connectivity index (χ4n) is 6.82. The van der Waals surface area contributed by atoms with Crippen LogP contribution in [0.2, 0.25) is 18.1 Å². The van der Waals surface area contributed by atoms with Crippen LogP contribution in [0.5, 0.6) is 5.75 Å². The SMILES string of the molecule is CC(C)(C)[Si](C)(C)Oc1ccc2c(c1)CC[C@@H]1[C@@H]2CC[C@]2(C)/C(=C/c3ncccc3Br)CC[C@@H]12. The molecule has 0 aliphatic heterocycles. The number of hydrogen-bond acceptors (Lipinski definition) is 2. The molecule has 5 rings (SSSR count). The summed E-state index contributed by atoms with van der Waals surface area (Å²) in [6.07, 6.45) is 12.0. The zero-order valence-corrected chi connectivity index (χ0v) is 24.3. The number of aromatic nitrogens is 1. The third-order valence-corrected chi connectivity index (χ3v) is 14.9. The lowest BCUT2D eigenvalue weighted by Crippen LogP contribution is -2.44. The molecule has 0 spiro atoms. The van der Waals surface area contributed by atoms with Crippen molar-refractivity contribution in [3.8, 4) is 5.75 Å². The Kier molecular flexibility index (Phi) is 6.16. The van der Waals surface area contributed by atoms with Gasteiger partial charge in [-0.1, -0.05) is 39.3 Å². The number of benzene rings is 1. The molecule has 4 heteroatoms. The Bertz CT molecular complexity index is 1120. The van der Waals surface area contributed by atoms with E-state index in [1.165, 1.54) is 38.5 Å². The third kappa shape index (κ3) is 4.13. The Labute approximate surface area is 215 Å². The lowest BCUT2D eigenvalue weighted by Gasteiger charge is -2.49. The van der Waals surface area contributed by atoms with Crippen LogP contribution in [-0.4, -0.2) is 13.3 Å². The molecule has 0 bridgehead atoms. The van der Waals surface area contributed by atoms with Crippen molar-refractivity contribution in [3.63, 3.8) is 0 Å². The average Bonchev–Trinajstić information content (AvgIpc) is 3.10. The number of allylic oxidation sites excluding steroid dienone is 1. The summed E-state index contributed by atoms with van der Waals surface area (Å²) in [5.41, 5.74) is 6.20. The number of halogens is 1. The van der Waals surface area contributed by atoms with Crippen LogP contribution < -0.4 is 4.43 Å². The fraction of sp³-hybridized carbons (Fsp3) is 0.567. The minimum atomic E-state index is -1.81. The Hall–Kier alpha value is -1.39. The highest BCUT2D eigenvalue weighted by Crippen LogP contribution is 2.63. The topological polar surface area (TPSA) is 22.1 Å². The second-order valence-electron chi connectivity index (χ2n) is 12.7. The molecule has 182 valence electrons. The summed E-state index contributed by atoms with van der Waals surface area (Å²) in [6, 6.07) is 11.2. The van der Waals surface area contributed by atoms with Crippen LogP contribution in [-0.2, 0) is 6.42 Å². The largest absolute Gasteiger partial charge is 0.543 e. The van der Waals surface area contributed by atoms with Gasteiger partial charge in [0.1, 0.15) is 5.75 Å². The highest BCUT2D eigenvalue weighted by atomic mass is 79.9. The Balaban J connectivity index is 1.39. The third-order valence-electron chi connectivity index (χ3n) is 9.82. The van der Waals surface area contributed by atoms with Gasteiger partial charge in [0.15, 0.2) is 0 Å². The normalized spacial score (nSPS) is 30.0. The summed E-state index contributed by atoms with van der Waals surface area (Å²) < 4.78 is 7.76. The molecule has 4 atom stereocenters. The van der Waals surface area contributed by atoms with Crippen LogP contribution >= 0.6 is 15.9 Å². The molecule has 34 heavy (non-hydrogen) atoms. The predicted octanol–water partition coefficient (Wildman–Crippen LogP) is 9.17. The molecule has 1 heterocycles. The van der Waals surface area contributed by atoms with Gasteiger partial charge in [-0.15, -0.1) is 0 Å². The summed E-state index contributed by atoms with van der Waals surface area (Å²) in [5.74, 6) is 3.40. The van der Waals surface area contributed by atoms with Crippen molar-refractivity contribution >= 4 is 30.3 Å². The van der Waals surface area contributed by atoms with E-state index in [2.05, 4.69) is 92.0 Å². The molecule has 0 unspecified atom stereocenters. The second kappa shape index (κ2) is 8.62. The highest BCUT2D eigenvalue weighted by molar-refractivity contribution is 9.10. The van der Waals surface area contributed by atoms with Gasteiger partial charge in [-0.05, 0) is 137 Å². The molecule has 0 N–H and O–H groups in total. The van der Waals surface area contributed by atoms with Crippen molar-refractivity contribution in [1.82, 2.24) is 4.98 Å². The van der Waals surface area contributed by atoms with E-state index in [0.29, 0.717) is 11.3 Å². The molecule has 2 saturated carbocycles. The predicted molar refractivity (Wildman–Crippen MR) is 149 cm³/mol. The molecular formula is C30H40BrNOSi. The van der Waals surface area contributed by atoms with Crippen LogP contribution in [0.3, 0.4) is 0 Å². The summed E-state index contributed by atoms with van der Waals surface area (Å²) >= 11 is 3.70. The maximum Gasteiger partial charge on any atom is 0.250 e. The van der Waals surface area contributed by atoms with E-state index in [-0.39, 0.29) is 5.04 Å². The van der Waals surface area contributed by atoms with Gasteiger partial charge in [-0.25, -0.2) is 0 Å². The van der Waals surface area contributed by atoms with Crippen molar-refractivity contribution < 1.29 is 4.43 Å². The van der Waals surface area contributed by atoms with Gasteiger partial charge in [-0.3, -0.25) is 4.98 Å². The van der Waals surface area contributed by atoms with Gasteiger partial charge in [-0.2, -0.15) is 0 Å². The summed E-state index contributed by atoms with van der Waals surface area (Å²) in [7, 11) is -1.81. The van der Waals surface area contributed by atoms with Crippen molar-refractivity contribution in [1.29, 1.82) is 0 Å². The standard InChI is InChI=1S/C30H40BrNOSi/c1-29(2,3)34(5,6)33-22-11-13-23-20(18-22)9-12-25-24(23)15-16-30(4)21(10-14-26(25)30)19-28-27(31)8-7-17-32-28/h7-8,11,13,17-19,24-26H,9-10,12,14-16H2,1-6H3/b21-19+/t24-,25-,26+,30-/m1/s1. The first kappa shape index (κ1) is 24.3.